The predicted molar refractivity (Wildman–Crippen MR) is 53.3 cm³/mol. The van der Waals surface area contributed by atoms with Crippen molar-refractivity contribution in [3.63, 3.8) is 0 Å². The molecule has 0 aliphatic rings. The number of hydrogen-bond acceptors (Lipinski definition) is 1. The minimum absolute atomic E-state index is 1.03. The quantitative estimate of drug-likeness (QED) is 0.733. The van der Waals surface area contributed by atoms with Crippen LogP contribution in [0.4, 0.5) is 0 Å². The highest BCUT2D eigenvalue weighted by atomic mass is 79.9. The molecule has 1 aromatic heterocycles. The standard InChI is InChI=1S/C9H9BrN2/c1-5-3-7(10)4-8-9(5)6(2)11-12-8/h3-4H,1-2H3,(H,11,12). The Bertz CT molecular complexity index is 431. The Kier molecular flexibility index (Phi) is 1.68. The fourth-order valence-corrected chi connectivity index (χ4v) is 2.06. The van der Waals surface area contributed by atoms with E-state index in [0.29, 0.717) is 0 Å². The summed E-state index contributed by atoms with van der Waals surface area (Å²) in [6, 6.07) is 4.12. The van der Waals surface area contributed by atoms with Crippen LogP contribution in [0.5, 0.6) is 0 Å². The zero-order chi connectivity index (χ0) is 8.72. The van der Waals surface area contributed by atoms with Crippen molar-refractivity contribution in [2.75, 3.05) is 0 Å². The Morgan fingerprint density at radius 2 is 2.08 bits per heavy atom. The van der Waals surface area contributed by atoms with Gasteiger partial charge in [-0.15, -0.1) is 0 Å². The zero-order valence-electron chi connectivity index (χ0n) is 6.98. The minimum Gasteiger partial charge on any atom is -0.282 e. The maximum atomic E-state index is 4.18. The maximum Gasteiger partial charge on any atom is 0.0937 e. The second kappa shape index (κ2) is 2.59. The molecule has 0 saturated carbocycles. The molecule has 2 nitrogen and oxygen atoms in total. The van der Waals surface area contributed by atoms with Crippen LogP contribution in [0.1, 0.15) is 11.3 Å². The van der Waals surface area contributed by atoms with Gasteiger partial charge < -0.3 is 0 Å². The Hall–Kier alpha value is -0.830. The van der Waals surface area contributed by atoms with Crippen molar-refractivity contribution in [3.05, 3.63) is 27.9 Å². The fourth-order valence-electron chi connectivity index (χ4n) is 1.50. The molecule has 1 aromatic carbocycles. The number of nitrogens with one attached hydrogen (secondary N) is 1. The average molecular weight is 225 g/mol. The van der Waals surface area contributed by atoms with E-state index in [1.165, 1.54) is 10.9 Å². The molecule has 0 aliphatic heterocycles. The van der Waals surface area contributed by atoms with Gasteiger partial charge in [-0.05, 0) is 31.5 Å². The molecule has 3 heteroatoms. The first-order valence-corrected chi connectivity index (χ1v) is 4.58. The third-order valence-corrected chi connectivity index (χ3v) is 2.46. The lowest BCUT2D eigenvalue weighted by molar-refractivity contribution is 1.07. The number of hydrogen-bond donors (Lipinski definition) is 1. The first kappa shape index (κ1) is 7.80. The van der Waals surface area contributed by atoms with Crippen LogP contribution in [0.3, 0.4) is 0 Å². The Morgan fingerprint density at radius 1 is 1.33 bits per heavy atom. The van der Waals surface area contributed by atoms with Crippen LogP contribution in [0.2, 0.25) is 0 Å². The molecular weight excluding hydrogens is 216 g/mol. The lowest BCUT2D eigenvalue weighted by Gasteiger charge is -1.96. The number of benzene rings is 1. The Morgan fingerprint density at radius 3 is 2.83 bits per heavy atom. The summed E-state index contributed by atoms with van der Waals surface area (Å²) in [5.41, 5.74) is 3.42. The topological polar surface area (TPSA) is 28.7 Å². The third-order valence-electron chi connectivity index (χ3n) is 2.00. The number of aryl methyl sites for hydroxylation is 2. The molecular formula is C9H9BrN2. The van der Waals surface area contributed by atoms with E-state index in [0.717, 1.165) is 15.7 Å². The summed E-state index contributed by atoms with van der Waals surface area (Å²) < 4.78 is 1.08. The van der Waals surface area contributed by atoms with E-state index in [1.807, 2.05) is 13.0 Å². The van der Waals surface area contributed by atoms with Crippen LogP contribution in [0.25, 0.3) is 10.9 Å². The molecule has 0 unspecified atom stereocenters. The summed E-state index contributed by atoms with van der Waals surface area (Å²) in [6.45, 7) is 4.13. The summed E-state index contributed by atoms with van der Waals surface area (Å²) in [5.74, 6) is 0. The molecule has 12 heavy (non-hydrogen) atoms. The maximum absolute atomic E-state index is 4.18. The lowest BCUT2D eigenvalue weighted by atomic mass is 10.1. The van der Waals surface area contributed by atoms with E-state index in [-0.39, 0.29) is 0 Å². The predicted octanol–water partition coefficient (Wildman–Crippen LogP) is 2.94. The molecule has 0 atom stereocenters. The van der Waals surface area contributed by atoms with Crippen molar-refractivity contribution >= 4 is 26.8 Å². The van der Waals surface area contributed by atoms with Crippen molar-refractivity contribution in [1.82, 2.24) is 10.2 Å². The van der Waals surface area contributed by atoms with E-state index in [4.69, 9.17) is 0 Å². The summed E-state index contributed by atoms with van der Waals surface area (Å²) in [5, 5.41) is 8.39. The smallest absolute Gasteiger partial charge is 0.0937 e. The van der Waals surface area contributed by atoms with Crippen LogP contribution < -0.4 is 0 Å². The monoisotopic (exact) mass is 224 g/mol. The molecule has 0 bridgehead atoms. The SMILES string of the molecule is Cc1cc(Br)cc2n[nH]c(C)c12. The van der Waals surface area contributed by atoms with Gasteiger partial charge in [0.2, 0.25) is 0 Å². The molecule has 0 fully saturated rings. The first-order valence-electron chi connectivity index (χ1n) is 3.79. The molecule has 0 spiro atoms. The molecule has 0 aliphatic carbocycles. The van der Waals surface area contributed by atoms with Crippen LogP contribution in [0.15, 0.2) is 16.6 Å². The molecule has 0 saturated heterocycles. The number of halogens is 1. The highest BCUT2D eigenvalue weighted by molar-refractivity contribution is 9.10. The van der Waals surface area contributed by atoms with Gasteiger partial charge in [-0.25, -0.2) is 0 Å². The average Bonchev–Trinajstić information content (AvgIpc) is 2.31. The third kappa shape index (κ3) is 1.05. The first-order chi connectivity index (χ1) is 5.68. The number of aromatic amines is 1. The van der Waals surface area contributed by atoms with Gasteiger partial charge in [-0.3, -0.25) is 5.10 Å². The highest BCUT2D eigenvalue weighted by Crippen LogP contribution is 2.24. The molecule has 0 amide bonds. The van der Waals surface area contributed by atoms with E-state index < -0.39 is 0 Å². The van der Waals surface area contributed by atoms with Gasteiger partial charge in [0.25, 0.3) is 0 Å². The summed E-state index contributed by atoms with van der Waals surface area (Å²) in [6.07, 6.45) is 0. The largest absolute Gasteiger partial charge is 0.282 e. The second-order valence-electron chi connectivity index (χ2n) is 2.97. The summed E-state index contributed by atoms with van der Waals surface area (Å²) in [7, 11) is 0. The molecule has 0 radical (unpaired) electrons. The fraction of sp³-hybridized carbons (Fsp3) is 0.222. The van der Waals surface area contributed by atoms with E-state index in [2.05, 4.69) is 39.1 Å². The van der Waals surface area contributed by atoms with Gasteiger partial charge in [0, 0.05) is 15.6 Å². The van der Waals surface area contributed by atoms with Crippen LogP contribution in [-0.2, 0) is 0 Å². The van der Waals surface area contributed by atoms with Gasteiger partial charge in [-0.1, -0.05) is 15.9 Å². The summed E-state index contributed by atoms with van der Waals surface area (Å²) >= 11 is 3.44. The molecule has 62 valence electrons. The summed E-state index contributed by atoms with van der Waals surface area (Å²) in [4.78, 5) is 0. The number of H-pyrrole nitrogens is 1. The number of nitrogens with zero attached hydrogens (tertiary/aromatic N) is 1. The van der Waals surface area contributed by atoms with Crippen LogP contribution >= 0.6 is 15.9 Å². The van der Waals surface area contributed by atoms with Crippen LogP contribution in [-0.4, -0.2) is 10.2 Å². The lowest BCUT2D eigenvalue weighted by Crippen LogP contribution is -1.77. The highest BCUT2D eigenvalue weighted by Gasteiger charge is 2.04. The molecule has 2 rings (SSSR count). The molecule has 1 heterocycles. The number of rotatable bonds is 0. The van der Waals surface area contributed by atoms with Crippen molar-refractivity contribution in [3.8, 4) is 0 Å². The minimum atomic E-state index is 1.03. The van der Waals surface area contributed by atoms with Gasteiger partial charge >= 0.3 is 0 Å². The molecule has 2 aromatic rings. The van der Waals surface area contributed by atoms with Gasteiger partial charge in [0.05, 0.1) is 5.52 Å². The zero-order valence-corrected chi connectivity index (χ0v) is 8.57. The second-order valence-corrected chi connectivity index (χ2v) is 3.88. The van der Waals surface area contributed by atoms with Crippen molar-refractivity contribution < 1.29 is 0 Å². The van der Waals surface area contributed by atoms with Crippen molar-refractivity contribution in [2.45, 2.75) is 13.8 Å². The van der Waals surface area contributed by atoms with E-state index >= 15 is 0 Å². The van der Waals surface area contributed by atoms with E-state index in [1.54, 1.807) is 0 Å². The van der Waals surface area contributed by atoms with Gasteiger partial charge in [0.1, 0.15) is 0 Å². The Balaban J connectivity index is 2.93. The normalized spacial score (nSPS) is 10.9. The van der Waals surface area contributed by atoms with Gasteiger partial charge in [0.15, 0.2) is 0 Å². The molecule has 1 N–H and O–H groups in total. The van der Waals surface area contributed by atoms with Crippen molar-refractivity contribution in [1.29, 1.82) is 0 Å². The number of aromatic nitrogens is 2. The van der Waals surface area contributed by atoms with Crippen LogP contribution in [0, 0.1) is 13.8 Å². The Labute approximate surface area is 79.1 Å². The number of fused-ring (bicyclic) bond motifs is 1. The van der Waals surface area contributed by atoms with Crippen molar-refractivity contribution in [2.24, 2.45) is 0 Å². The van der Waals surface area contributed by atoms with Gasteiger partial charge in [-0.2, -0.15) is 5.10 Å². The van der Waals surface area contributed by atoms with E-state index in [9.17, 15) is 0 Å².